The number of carbonyl (C=O) groups excluding carboxylic acids is 1. The minimum absolute atomic E-state index is 0.129. The molecule has 2 nitrogen and oxygen atoms in total. The first-order valence-corrected chi connectivity index (χ1v) is 6.13. The number of ketones is 1. The molecule has 0 radical (unpaired) electrons. The predicted molar refractivity (Wildman–Crippen MR) is 66.9 cm³/mol. The van der Waals surface area contributed by atoms with E-state index in [9.17, 15) is 4.79 Å². The molecule has 0 heterocycles. The summed E-state index contributed by atoms with van der Waals surface area (Å²) in [5.74, 6) is 0.129. The Balaban J connectivity index is 1.96. The lowest BCUT2D eigenvalue weighted by Crippen LogP contribution is -2.22. The van der Waals surface area contributed by atoms with E-state index in [1.54, 1.807) is 6.92 Å². The molecule has 1 aromatic rings. The standard InChI is InChI=1S/C14H19NO/c1-11(16)12-7-9-14(10-8-12)15-13-5-3-2-4-6-13/h7-10,13,15H,2-6H2,1H3. The smallest absolute Gasteiger partial charge is 0.159 e. The van der Waals surface area contributed by atoms with Gasteiger partial charge in [-0.3, -0.25) is 4.79 Å². The van der Waals surface area contributed by atoms with E-state index in [0.717, 1.165) is 11.3 Å². The van der Waals surface area contributed by atoms with Crippen LogP contribution in [0.25, 0.3) is 0 Å². The summed E-state index contributed by atoms with van der Waals surface area (Å²) in [4.78, 5) is 11.1. The van der Waals surface area contributed by atoms with Gasteiger partial charge in [0.25, 0.3) is 0 Å². The lowest BCUT2D eigenvalue weighted by atomic mass is 9.95. The summed E-state index contributed by atoms with van der Waals surface area (Å²) in [5.41, 5.74) is 1.92. The van der Waals surface area contributed by atoms with Crippen molar-refractivity contribution in [2.24, 2.45) is 0 Å². The summed E-state index contributed by atoms with van der Waals surface area (Å²) in [6.07, 6.45) is 6.59. The molecule has 0 bridgehead atoms. The fourth-order valence-corrected chi connectivity index (χ4v) is 2.28. The van der Waals surface area contributed by atoms with Crippen LogP contribution in [0.2, 0.25) is 0 Å². The molecule has 1 aromatic carbocycles. The minimum Gasteiger partial charge on any atom is -0.382 e. The third kappa shape index (κ3) is 2.84. The Kier molecular flexibility index (Phi) is 3.60. The number of hydrogen-bond acceptors (Lipinski definition) is 2. The van der Waals surface area contributed by atoms with Crippen LogP contribution in [-0.2, 0) is 0 Å². The van der Waals surface area contributed by atoms with Crippen molar-refractivity contribution in [3.63, 3.8) is 0 Å². The summed E-state index contributed by atoms with van der Waals surface area (Å²) in [7, 11) is 0. The van der Waals surface area contributed by atoms with Crippen molar-refractivity contribution in [3.8, 4) is 0 Å². The number of benzene rings is 1. The monoisotopic (exact) mass is 217 g/mol. The molecule has 0 unspecified atom stereocenters. The zero-order valence-corrected chi connectivity index (χ0v) is 9.83. The van der Waals surface area contributed by atoms with Crippen molar-refractivity contribution in [2.45, 2.75) is 45.1 Å². The molecule has 2 rings (SSSR count). The van der Waals surface area contributed by atoms with Gasteiger partial charge in [-0.25, -0.2) is 0 Å². The average Bonchev–Trinajstić information content (AvgIpc) is 2.31. The van der Waals surface area contributed by atoms with Crippen molar-refractivity contribution < 1.29 is 4.79 Å². The highest BCUT2D eigenvalue weighted by molar-refractivity contribution is 5.94. The van der Waals surface area contributed by atoms with E-state index in [1.165, 1.54) is 32.1 Å². The van der Waals surface area contributed by atoms with Gasteiger partial charge in [-0.1, -0.05) is 19.3 Å². The fraction of sp³-hybridized carbons (Fsp3) is 0.500. The average molecular weight is 217 g/mol. The Bertz CT molecular complexity index is 350. The Morgan fingerprint density at radius 3 is 2.31 bits per heavy atom. The summed E-state index contributed by atoms with van der Waals surface area (Å²) in [6.45, 7) is 1.60. The van der Waals surface area contributed by atoms with Crippen LogP contribution in [0.15, 0.2) is 24.3 Å². The number of hydrogen-bond donors (Lipinski definition) is 1. The molecular formula is C14H19NO. The molecule has 1 N–H and O–H groups in total. The van der Waals surface area contributed by atoms with Crippen LogP contribution in [0.4, 0.5) is 5.69 Å². The Labute approximate surface area is 97.1 Å². The van der Waals surface area contributed by atoms with Crippen LogP contribution in [0.1, 0.15) is 49.4 Å². The molecule has 0 amide bonds. The maximum Gasteiger partial charge on any atom is 0.159 e. The summed E-state index contributed by atoms with van der Waals surface area (Å²) in [6, 6.07) is 8.43. The molecule has 86 valence electrons. The van der Waals surface area contributed by atoms with Crippen LogP contribution in [-0.4, -0.2) is 11.8 Å². The fourth-order valence-electron chi connectivity index (χ4n) is 2.28. The highest BCUT2D eigenvalue weighted by Gasteiger charge is 2.12. The lowest BCUT2D eigenvalue weighted by Gasteiger charge is -2.23. The number of nitrogens with one attached hydrogen (secondary N) is 1. The van der Waals surface area contributed by atoms with Crippen LogP contribution in [0, 0.1) is 0 Å². The zero-order valence-electron chi connectivity index (χ0n) is 9.83. The number of rotatable bonds is 3. The second-order valence-corrected chi connectivity index (χ2v) is 4.61. The van der Waals surface area contributed by atoms with Crippen LogP contribution < -0.4 is 5.32 Å². The van der Waals surface area contributed by atoms with Gasteiger partial charge in [0.2, 0.25) is 0 Å². The van der Waals surface area contributed by atoms with Crippen LogP contribution >= 0.6 is 0 Å². The van der Waals surface area contributed by atoms with Gasteiger partial charge in [0.15, 0.2) is 5.78 Å². The second kappa shape index (κ2) is 5.15. The van der Waals surface area contributed by atoms with Crippen LogP contribution in [0.3, 0.4) is 0 Å². The summed E-state index contributed by atoms with van der Waals surface area (Å²) in [5, 5.41) is 3.54. The van der Waals surface area contributed by atoms with Crippen molar-refractivity contribution in [1.29, 1.82) is 0 Å². The van der Waals surface area contributed by atoms with Crippen molar-refractivity contribution in [2.75, 3.05) is 5.32 Å². The van der Waals surface area contributed by atoms with Crippen LogP contribution in [0.5, 0.6) is 0 Å². The molecule has 1 aliphatic carbocycles. The van der Waals surface area contributed by atoms with Gasteiger partial charge >= 0.3 is 0 Å². The molecule has 1 aliphatic rings. The van der Waals surface area contributed by atoms with E-state index < -0.39 is 0 Å². The Morgan fingerprint density at radius 1 is 1.12 bits per heavy atom. The number of carbonyl (C=O) groups is 1. The first kappa shape index (κ1) is 11.2. The molecule has 0 saturated heterocycles. The quantitative estimate of drug-likeness (QED) is 0.783. The molecule has 1 saturated carbocycles. The molecule has 0 atom stereocenters. The first-order valence-electron chi connectivity index (χ1n) is 6.13. The molecule has 2 heteroatoms. The maximum atomic E-state index is 11.1. The molecule has 0 aromatic heterocycles. The van der Waals surface area contributed by atoms with Gasteiger partial charge in [0.05, 0.1) is 0 Å². The molecule has 0 aliphatic heterocycles. The maximum absolute atomic E-state index is 11.1. The highest BCUT2D eigenvalue weighted by Crippen LogP contribution is 2.21. The van der Waals surface area contributed by atoms with Gasteiger partial charge < -0.3 is 5.32 Å². The first-order chi connectivity index (χ1) is 7.75. The molecular weight excluding hydrogens is 198 g/mol. The second-order valence-electron chi connectivity index (χ2n) is 4.61. The minimum atomic E-state index is 0.129. The molecule has 16 heavy (non-hydrogen) atoms. The SMILES string of the molecule is CC(=O)c1ccc(NC2CCCCC2)cc1. The third-order valence-corrected chi connectivity index (χ3v) is 3.27. The Morgan fingerprint density at radius 2 is 1.75 bits per heavy atom. The van der Waals surface area contributed by atoms with Crippen molar-refractivity contribution in [1.82, 2.24) is 0 Å². The van der Waals surface area contributed by atoms with E-state index in [0.29, 0.717) is 6.04 Å². The van der Waals surface area contributed by atoms with E-state index in [2.05, 4.69) is 5.32 Å². The predicted octanol–water partition coefficient (Wildman–Crippen LogP) is 3.63. The van der Waals surface area contributed by atoms with E-state index in [-0.39, 0.29) is 5.78 Å². The van der Waals surface area contributed by atoms with Gasteiger partial charge in [-0.15, -0.1) is 0 Å². The number of anilines is 1. The molecule has 0 spiro atoms. The topological polar surface area (TPSA) is 29.1 Å². The summed E-state index contributed by atoms with van der Waals surface area (Å²) >= 11 is 0. The van der Waals surface area contributed by atoms with Gasteiger partial charge in [-0.05, 0) is 44.0 Å². The van der Waals surface area contributed by atoms with Gasteiger partial charge in [0, 0.05) is 17.3 Å². The Hall–Kier alpha value is -1.31. The number of Topliss-reactive ketones (excluding diaryl/α,β-unsaturated/α-hetero) is 1. The normalized spacial score (nSPS) is 17.1. The van der Waals surface area contributed by atoms with Gasteiger partial charge in [-0.2, -0.15) is 0 Å². The van der Waals surface area contributed by atoms with Crippen molar-refractivity contribution >= 4 is 11.5 Å². The zero-order chi connectivity index (χ0) is 11.4. The van der Waals surface area contributed by atoms with E-state index in [1.807, 2.05) is 24.3 Å². The highest BCUT2D eigenvalue weighted by atomic mass is 16.1. The largest absolute Gasteiger partial charge is 0.382 e. The van der Waals surface area contributed by atoms with E-state index >= 15 is 0 Å². The molecule has 1 fully saturated rings. The summed E-state index contributed by atoms with van der Waals surface area (Å²) < 4.78 is 0. The van der Waals surface area contributed by atoms with E-state index in [4.69, 9.17) is 0 Å². The third-order valence-electron chi connectivity index (χ3n) is 3.27. The van der Waals surface area contributed by atoms with Gasteiger partial charge in [0.1, 0.15) is 0 Å². The lowest BCUT2D eigenvalue weighted by molar-refractivity contribution is 0.101. The van der Waals surface area contributed by atoms with Crippen molar-refractivity contribution in [3.05, 3.63) is 29.8 Å².